The minimum atomic E-state index is -0.468. The highest BCUT2D eigenvalue weighted by Gasteiger charge is 2.43. The number of methoxy groups -OCH3 is 2. The largest absolute Gasteiger partial charge is 0.497 e. The van der Waals surface area contributed by atoms with Crippen molar-refractivity contribution in [1.82, 2.24) is 10.3 Å². The number of hydrogen-bond donors (Lipinski definition) is 1. The Morgan fingerprint density at radius 2 is 1.86 bits per heavy atom. The lowest BCUT2D eigenvalue weighted by Gasteiger charge is -2.27. The Balaban J connectivity index is 1.66. The van der Waals surface area contributed by atoms with E-state index >= 15 is 0 Å². The first-order chi connectivity index (χ1) is 17.5. The molecule has 1 saturated heterocycles. The summed E-state index contributed by atoms with van der Waals surface area (Å²) in [7, 11) is 3.18. The number of hydrogen-bond acceptors (Lipinski definition) is 7. The molecule has 2 atom stereocenters. The van der Waals surface area contributed by atoms with Crippen LogP contribution in [-0.4, -0.2) is 29.2 Å². The van der Waals surface area contributed by atoms with Gasteiger partial charge in [0.15, 0.2) is 5.11 Å². The SMILES string of the molecule is COc1ccc(OC)c(N2C(=S)NC(c3ccccn3)C2c2ccc(-c3ccccc3[N+](=O)[O-])o2)c1. The zero-order valence-electron chi connectivity index (χ0n) is 19.5. The third-order valence-corrected chi connectivity index (χ3v) is 6.34. The molecular formula is C26H22N4O5S. The highest BCUT2D eigenvalue weighted by Crippen LogP contribution is 2.46. The Labute approximate surface area is 212 Å². The second-order valence-electron chi connectivity index (χ2n) is 8.01. The first-order valence-electron chi connectivity index (χ1n) is 11.1. The molecule has 5 rings (SSSR count). The maximum absolute atomic E-state index is 11.6. The third-order valence-electron chi connectivity index (χ3n) is 6.03. The minimum Gasteiger partial charge on any atom is -0.497 e. The Kier molecular flexibility index (Phi) is 6.26. The number of rotatable bonds is 7. The maximum atomic E-state index is 11.6. The monoisotopic (exact) mass is 502 g/mol. The number of pyridine rings is 1. The summed E-state index contributed by atoms with van der Waals surface area (Å²) in [5.74, 6) is 2.16. The molecule has 10 heteroatoms. The fraction of sp³-hybridized carbons (Fsp3) is 0.154. The quantitative estimate of drug-likeness (QED) is 0.201. The van der Waals surface area contributed by atoms with Crippen molar-refractivity contribution in [3.63, 3.8) is 0 Å². The molecule has 9 nitrogen and oxygen atoms in total. The molecule has 0 radical (unpaired) electrons. The van der Waals surface area contributed by atoms with E-state index in [0.717, 1.165) is 5.69 Å². The van der Waals surface area contributed by atoms with Gasteiger partial charge in [0.25, 0.3) is 5.69 Å². The summed E-state index contributed by atoms with van der Waals surface area (Å²) in [5.41, 5.74) is 1.80. The van der Waals surface area contributed by atoms with Crippen LogP contribution in [0.25, 0.3) is 11.3 Å². The summed E-state index contributed by atoms with van der Waals surface area (Å²) in [6.07, 6.45) is 1.72. The second kappa shape index (κ2) is 9.67. The highest BCUT2D eigenvalue weighted by molar-refractivity contribution is 7.80. The van der Waals surface area contributed by atoms with Crippen LogP contribution in [0.5, 0.6) is 11.5 Å². The zero-order valence-corrected chi connectivity index (χ0v) is 20.3. The van der Waals surface area contributed by atoms with Crippen molar-refractivity contribution >= 4 is 28.7 Å². The molecule has 1 aliphatic rings. The van der Waals surface area contributed by atoms with Gasteiger partial charge in [-0.15, -0.1) is 0 Å². The second-order valence-corrected chi connectivity index (χ2v) is 8.40. The number of anilines is 1. The summed E-state index contributed by atoms with van der Waals surface area (Å²) in [5, 5.41) is 15.4. The van der Waals surface area contributed by atoms with Crippen LogP contribution in [0.2, 0.25) is 0 Å². The standard InChI is InChI=1S/C26H22N4O5S/c1-33-16-10-11-22(34-2)20(15-16)29-25(24(28-26(29)36)18-8-5-6-14-27-18)23-13-12-21(35-23)17-7-3-4-9-19(17)30(31)32/h3-15,24-25H,1-2H3,(H,28,36). The van der Waals surface area contributed by atoms with Crippen LogP contribution in [0, 0.1) is 10.1 Å². The lowest BCUT2D eigenvalue weighted by Crippen LogP contribution is -2.29. The molecule has 1 fully saturated rings. The molecule has 0 spiro atoms. The number of nitro benzene ring substituents is 1. The summed E-state index contributed by atoms with van der Waals surface area (Å²) in [4.78, 5) is 17.6. The van der Waals surface area contributed by atoms with Crippen LogP contribution < -0.4 is 19.7 Å². The van der Waals surface area contributed by atoms with Gasteiger partial charge in [0.2, 0.25) is 0 Å². The molecular weight excluding hydrogens is 480 g/mol. The molecule has 2 unspecified atom stereocenters. The predicted octanol–water partition coefficient (Wildman–Crippen LogP) is 5.44. The molecule has 1 aliphatic heterocycles. The van der Waals surface area contributed by atoms with Crippen LogP contribution in [0.15, 0.2) is 83.4 Å². The van der Waals surface area contributed by atoms with Crippen molar-refractivity contribution in [2.24, 2.45) is 0 Å². The lowest BCUT2D eigenvalue weighted by atomic mass is 10.0. The van der Waals surface area contributed by atoms with E-state index in [9.17, 15) is 10.1 Å². The number of aromatic nitrogens is 1. The van der Waals surface area contributed by atoms with E-state index in [1.807, 2.05) is 41.3 Å². The van der Waals surface area contributed by atoms with Crippen LogP contribution in [0.4, 0.5) is 11.4 Å². The van der Waals surface area contributed by atoms with Gasteiger partial charge in [-0.05, 0) is 54.7 Å². The normalized spacial score (nSPS) is 17.1. The number of furan rings is 1. The van der Waals surface area contributed by atoms with Gasteiger partial charge >= 0.3 is 0 Å². The van der Waals surface area contributed by atoms with Gasteiger partial charge < -0.3 is 24.1 Å². The molecule has 182 valence electrons. The van der Waals surface area contributed by atoms with Crippen molar-refractivity contribution in [3.05, 3.63) is 101 Å². The van der Waals surface area contributed by atoms with E-state index in [1.165, 1.54) is 6.07 Å². The number of nitrogens with zero attached hydrogens (tertiary/aromatic N) is 3. The Hall–Kier alpha value is -4.44. The summed E-state index contributed by atoms with van der Waals surface area (Å²) < 4.78 is 17.4. The number of para-hydroxylation sites is 1. The molecule has 2 aromatic heterocycles. The molecule has 4 aromatic rings. The molecule has 1 N–H and O–H groups in total. The predicted molar refractivity (Wildman–Crippen MR) is 138 cm³/mol. The molecule has 0 amide bonds. The maximum Gasteiger partial charge on any atom is 0.280 e. The Morgan fingerprint density at radius 1 is 1.06 bits per heavy atom. The summed E-state index contributed by atoms with van der Waals surface area (Å²) in [6, 6.07) is 20.3. The number of benzene rings is 2. The van der Waals surface area contributed by atoms with Gasteiger partial charge in [0.1, 0.15) is 29.1 Å². The molecule has 0 aliphatic carbocycles. The van der Waals surface area contributed by atoms with Gasteiger partial charge in [-0.1, -0.05) is 18.2 Å². The van der Waals surface area contributed by atoms with E-state index in [4.69, 9.17) is 26.1 Å². The van der Waals surface area contributed by atoms with Crippen LogP contribution in [0.1, 0.15) is 23.5 Å². The van der Waals surface area contributed by atoms with Crippen molar-refractivity contribution in [2.75, 3.05) is 19.1 Å². The van der Waals surface area contributed by atoms with Crippen molar-refractivity contribution in [1.29, 1.82) is 0 Å². The average Bonchev–Trinajstić information content (AvgIpc) is 3.53. The van der Waals surface area contributed by atoms with Crippen molar-refractivity contribution in [2.45, 2.75) is 12.1 Å². The number of ether oxygens (including phenoxy) is 2. The van der Waals surface area contributed by atoms with E-state index in [-0.39, 0.29) is 11.7 Å². The average molecular weight is 503 g/mol. The van der Waals surface area contributed by atoms with Gasteiger partial charge in [-0.25, -0.2) is 0 Å². The smallest absolute Gasteiger partial charge is 0.280 e. The Morgan fingerprint density at radius 3 is 2.58 bits per heavy atom. The fourth-order valence-corrected chi connectivity index (χ4v) is 4.72. The lowest BCUT2D eigenvalue weighted by molar-refractivity contribution is -0.384. The van der Waals surface area contributed by atoms with E-state index in [0.29, 0.717) is 39.4 Å². The zero-order chi connectivity index (χ0) is 25.2. The van der Waals surface area contributed by atoms with Crippen LogP contribution >= 0.6 is 12.2 Å². The first-order valence-corrected chi connectivity index (χ1v) is 11.5. The molecule has 3 heterocycles. The van der Waals surface area contributed by atoms with Crippen molar-refractivity contribution < 1.29 is 18.8 Å². The third kappa shape index (κ3) is 4.11. The number of thiocarbonyl (C=S) groups is 1. The van der Waals surface area contributed by atoms with Crippen molar-refractivity contribution in [3.8, 4) is 22.8 Å². The van der Waals surface area contributed by atoms with Gasteiger partial charge in [-0.3, -0.25) is 15.1 Å². The first kappa shape index (κ1) is 23.3. The molecule has 0 bridgehead atoms. The minimum absolute atomic E-state index is 0.0361. The van der Waals surface area contributed by atoms with E-state index in [2.05, 4.69) is 10.3 Å². The summed E-state index contributed by atoms with van der Waals surface area (Å²) in [6.45, 7) is 0. The number of nitro groups is 1. The molecule has 2 aromatic carbocycles. The van der Waals surface area contributed by atoms with Crippen LogP contribution in [0.3, 0.4) is 0 Å². The van der Waals surface area contributed by atoms with E-state index < -0.39 is 11.0 Å². The summed E-state index contributed by atoms with van der Waals surface area (Å²) >= 11 is 5.78. The van der Waals surface area contributed by atoms with Gasteiger partial charge in [-0.2, -0.15) is 0 Å². The van der Waals surface area contributed by atoms with Crippen LogP contribution in [-0.2, 0) is 0 Å². The van der Waals surface area contributed by atoms with Gasteiger partial charge in [0.05, 0.1) is 42.1 Å². The fourth-order valence-electron chi connectivity index (χ4n) is 4.39. The van der Waals surface area contributed by atoms with Gasteiger partial charge in [0, 0.05) is 18.3 Å². The molecule has 0 saturated carbocycles. The number of nitrogens with one attached hydrogen (secondary N) is 1. The highest BCUT2D eigenvalue weighted by atomic mass is 32.1. The Bertz CT molecular complexity index is 1420. The topological polar surface area (TPSA) is 103 Å². The molecule has 36 heavy (non-hydrogen) atoms. The van der Waals surface area contributed by atoms with E-state index in [1.54, 1.807) is 50.7 Å².